The molecule has 2 rings (SSSR count). The zero-order valence-corrected chi connectivity index (χ0v) is 18.6. The summed E-state index contributed by atoms with van der Waals surface area (Å²) >= 11 is 0. The Morgan fingerprint density at radius 3 is 2.60 bits per heavy atom. The first-order valence-corrected chi connectivity index (χ1v) is 10.5. The van der Waals surface area contributed by atoms with Gasteiger partial charge in [-0.25, -0.2) is 9.79 Å². The number of carbonyl (C=O) groups excluding carboxylic acids is 1. The molecule has 0 saturated carbocycles. The van der Waals surface area contributed by atoms with Crippen molar-refractivity contribution < 1.29 is 23.7 Å². The SMILES string of the molecule is CCNC(=NCc1ccc(OC)c(C(=O)OC)c1)N1CCC(OCCCOC)CC1. The summed E-state index contributed by atoms with van der Waals surface area (Å²) in [5.74, 6) is 0.956. The van der Waals surface area contributed by atoms with Gasteiger partial charge in [0, 0.05) is 40.0 Å². The summed E-state index contributed by atoms with van der Waals surface area (Å²) in [7, 11) is 4.61. The molecular formula is C22H35N3O5. The maximum absolute atomic E-state index is 12.0. The zero-order valence-electron chi connectivity index (χ0n) is 18.6. The third-order valence-corrected chi connectivity index (χ3v) is 5.00. The van der Waals surface area contributed by atoms with Crippen LogP contribution in [0.25, 0.3) is 0 Å². The van der Waals surface area contributed by atoms with E-state index in [9.17, 15) is 4.79 Å². The molecule has 1 aliphatic rings. The summed E-state index contributed by atoms with van der Waals surface area (Å²) in [6.45, 7) is 6.59. The van der Waals surface area contributed by atoms with Gasteiger partial charge in [0.25, 0.3) is 0 Å². The molecule has 1 fully saturated rings. The Morgan fingerprint density at radius 2 is 1.97 bits per heavy atom. The third kappa shape index (κ3) is 7.18. The van der Waals surface area contributed by atoms with Gasteiger partial charge >= 0.3 is 5.97 Å². The number of nitrogens with zero attached hydrogens (tertiary/aromatic N) is 2. The molecule has 1 aromatic carbocycles. The second kappa shape index (κ2) is 13.1. The van der Waals surface area contributed by atoms with E-state index in [1.165, 1.54) is 14.2 Å². The highest BCUT2D eigenvalue weighted by molar-refractivity contribution is 5.92. The van der Waals surface area contributed by atoms with E-state index in [4.69, 9.17) is 23.9 Å². The quantitative estimate of drug-likeness (QED) is 0.269. The van der Waals surface area contributed by atoms with Gasteiger partial charge < -0.3 is 29.2 Å². The fourth-order valence-corrected chi connectivity index (χ4v) is 3.40. The molecule has 0 aromatic heterocycles. The highest BCUT2D eigenvalue weighted by Crippen LogP contribution is 2.21. The molecular weight excluding hydrogens is 386 g/mol. The highest BCUT2D eigenvalue weighted by Gasteiger charge is 2.22. The minimum atomic E-state index is -0.419. The molecule has 0 spiro atoms. The fourth-order valence-electron chi connectivity index (χ4n) is 3.40. The van der Waals surface area contributed by atoms with Crippen molar-refractivity contribution in [3.8, 4) is 5.75 Å². The van der Waals surface area contributed by atoms with Crippen LogP contribution in [0.5, 0.6) is 5.75 Å². The van der Waals surface area contributed by atoms with E-state index in [0.717, 1.165) is 63.6 Å². The first kappa shape index (κ1) is 24.0. The number of nitrogens with one attached hydrogen (secondary N) is 1. The summed E-state index contributed by atoms with van der Waals surface area (Å²) in [5.41, 5.74) is 1.33. The standard InChI is InChI=1S/C22H35N3O5/c1-5-23-22(25-11-9-18(10-12-25)30-14-6-13-27-2)24-16-17-7-8-20(28-3)19(15-17)21(26)29-4/h7-8,15,18H,5-6,9-14,16H2,1-4H3,(H,23,24). The van der Waals surface area contributed by atoms with E-state index in [0.29, 0.717) is 24.0 Å². The first-order chi connectivity index (χ1) is 14.6. The lowest BCUT2D eigenvalue weighted by atomic mass is 10.1. The average Bonchev–Trinajstić information content (AvgIpc) is 2.79. The first-order valence-electron chi connectivity index (χ1n) is 10.5. The van der Waals surface area contributed by atoms with Gasteiger partial charge in [-0.1, -0.05) is 6.07 Å². The third-order valence-electron chi connectivity index (χ3n) is 5.00. The number of rotatable bonds is 10. The number of carbonyl (C=O) groups is 1. The molecule has 0 radical (unpaired) electrons. The molecule has 0 amide bonds. The lowest BCUT2D eigenvalue weighted by Gasteiger charge is -2.34. The second-order valence-corrected chi connectivity index (χ2v) is 7.10. The Morgan fingerprint density at radius 1 is 1.20 bits per heavy atom. The molecule has 0 unspecified atom stereocenters. The number of hydrogen-bond acceptors (Lipinski definition) is 6. The minimum absolute atomic E-state index is 0.296. The van der Waals surface area contributed by atoms with Crippen molar-refractivity contribution in [2.45, 2.75) is 38.8 Å². The fraction of sp³-hybridized carbons (Fsp3) is 0.636. The van der Waals surface area contributed by atoms with Crippen LogP contribution in [0, 0.1) is 0 Å². The van der Waals surface area contributed by atoms with Gasteiger partial charge in [-0.15, -0.1) is 0 Å². The predicted molar refractivity (Wildman–Crippen MR) is 116 cm³/mol. The van der Waals surface area contributed by atoms with Gasteiger partial charge in [0.15, 0.2) is 5.96 Å². The molecule has 168 valence electrons. The topological polar surface area (TPSA) is 81.6 Å². The molecule has 1 N–H and O–H groups in total. The second-order valence-electron chi connectivity index (χ2n) is 7.10. The van der Waals surface area contributed by atoms with Crippen molar-refractivity contribution in [3.05, 3.63) is 29.3 Å². The number of benzene rings is 1. The minimum Gasteiger partial charge on any atom is -0.496 e. The summed E-state index contributed by atoms with van der Waals surface area (Å²) in [4.78, 5) is 19.0. The maximum Gasteiger partial charge on any atom is 0.341 e. The smallest absolute Gasteiger partial charge is 0.341 e. The van der Waals surface area contributed by atoms with Crippen LogP contribution in [0.15, 0.2) is 23.2 Å². The van der Waals surface area contributed by atoms with Crippen molar-refractivity contribution in [1.29, 1.82) is 0 Å². The Bertz CT molecular complexity index is 687. The van der Waals surface area contributed by atoms with E-state index in [1.54, 1.807) is 19.2 Å². The Balaban J connectivity index is 1.97. The molecule has 8 nitrogen and oxygen atoms in total. The summed E-state index contributed by atoms with van der Waals surface area (Å²) in [6, 6.07) is 5.46. The number of hydrogen-bond donors (Lipinski definition) is 1. The Kier molecular flexibility index (Phi) is 10.4. The Labute approximate surface area is 179 Å². The highest BCUT2D eigenvalue weighted by atomic mass is 16.5. The molecule has 30 heavy (non-hydrogen) atoms. The van der Waals surface area contributed by atoms with Crippen LogP contribution in [0.3, 0.4) is 0 Å². The van der Waals surface area contributed by atoms with Gasteiger partial charge in [0.1, 0.15) is 11.3 Å². The van der Waals surface area contributed by atoms with E-state index in [2.05, 4.69) is 17.1 Å². The average molecular weight is 422 g/mol. The number of guanidine groups is 1. The normalized spacial score (nSPS) is 15.2. The predicted octanol–water partition coefficient (Wildman–Crippen LogP) is 2.46. The monoisotopic (exact) mass is 421 g/mol. The number of likely N-dealkylation sites (tertiary alicyclic amines) is 1. The maximum atomic E-state index is 12.0. The van der Waals surface area contributed by atoms with Gasteiger partial charge in [-0.3, -0.25) is 0 Å². The van der Waals surface area contributed by atoms with Crippen molar-refractivity contribution in [1.82, 2.24) is 10.2 Å². The number of methoxy groups -OCH3 is 3. The van der Waals surface area contributed by atoms with Crippen LogP contribution in [0.2, 0.25) is 0 Å². The van der Waals surface area contributed by atoms with Crippen LogP contribution in [-0.4, -0.2) is 77.1 Å². The number of aliphatic imine (C=N–C) groups is 1. The zero-order chi connectivity index (χ0) is 21.8. The molecule has 0 aliphatic carbocycles. The lowest BCUT2D eigenvalue weighted by molar-refractivity contribution is 0.00990. The molecule has 1 aromatic rings. The van der Waals surface area contributed by atoms with Crippen molar-refractivity contribution in [2.24, 2.45) is 4.99 Å². The molecule has 0 atom stereocenters. The van der Waals surface area contributed by atoms with E-state index in [1.807, 2.05) is 6.07 Å². The molecule has 1 saturated heterocycles. The van der Waals surface area contributed by atoms with Crippen molar-refractivity contribution in [2.75, 3.05) is 54.2 Å². The van der Waals surface area contributed by atoms with Gasteiger partial charge in [0.2, 0.25) is 0 Å². The van der Waals surface area contributed by atoms with Crippen molar-refractivity contribution >= 4 is 11.9 Å². The van der Waals surface area contributed by atoms with Crippen molar-refractivity contribution in [3.63, 3.8) is 0 Å². The molecule has 1 heterocycles. The summed E-state index contributed by atoms with van der Waals surface area (Å²) in [5, 5.41) is 3.37. The van der Waals surface area contributed by atoms with Gasteiger partial charge in [-0.05, 0) is 43.9 Å². The van der Waals surface area contributed by atoms with Gasteiger partial charge in [-0.2, -0.15) is 0 Å². The van der Waals surface area contributed by atoms with E-state index >= 15 is 0 Å². The summed E-state index contributed by atoms with van der Waals surface area (Å²) in [6.07, 6.45) is 3.18. The summed E-state index contributed by atoms with van der Waals surface area (Å²) < 4.78 is 21.1. The molecule has 1 aliphatic heterocycles. The van der Waals surface area contributed by atoms with E-state index in [-0.39, 0.29) is 0 Å². The largest absolute Gasteiger partial charge is 0.496 e. The van der Waals surface area contributed by atoms with Gasteiger partial charge in [0.05, 0.1) is 26.9 Å². The number of esters is 1. The number of ether oxygens (including phenoxy) is 4. The lowest BCUT2D eigenvalue weighted by Crippen LogP contribution is -2.47. The number of piperidine rings is 1. The van der Waals surface area contributed by atoms with E-state index < -0.39 is 5.97 Å². The van der Waals surface area contributed by atoms with Crippen LogP contribution in [-0.2, 0) is 20.8 Å². The molecule has 8 heteroatoms. The Hall–Kier alpha value is -2.32. The molecule has 0 bridgehead atoms. The van der Waals surface area contributed by atoms with Crippen LogP contribution < -0.4 is 10.1 Å². The van der Waals surface area contributed by atoms with Crippen LogP contribution in [0.1, 0.15) is 42.1 Å². The van der Waals surface area contributed by atoms with Crippen LogP contribution >= 0.6 is 0 Å². The van der Waals surface area contributed by atoms with Crippen LogP contribution in [0.4, 0.5) is 0 Å².